The van der Waals surface area contributed by atoms with Gasteiger partial charge in [-0.25, -0.2) is 9.79 Å². The van der Waals surface area contributed by atoms with Crippen molar-refractivity contribution in [2.24, 2.45) is 26.7 Å². The van der Waals surface area contributed by atoms with Gasteiger partial charge in [-0.2, -0.15) is 0 Å². The Morgan fingerprint density at radius 1 is 0.557 bits per heavy atom. The maximum absolute atomic E-state index is 12.6. The second kappa shape index (κ2) is 32.3. The summed E-state index contributed by atoms with van der Waals surface area (Å²) in [4.78, 5) is 64.8. The Morgan fingerprint density at radius 2 is 0.902 bits per heavy atom. The second-order valence-corrected chi connectivity index (χ2v) is 15.5. The molecule has 1 amide bonds. The van der Waals surface area contributed by atoms with Gasteiger partial charge in [0.2, 0.25) is 0 Å². The fourth-order valence-electron chi connectivity index (χ4n) is 3.35. The number of hydrogen-bond acceptors (Lipinski definition) is 22. The number of isothiocyanates is 1. The first-order valence-electron chi connectivity index (χ1n) is 18.3. The van der Waals surface area contributed by atoms with Crippen molar-refractivity contribution in [1.29, 1.82) is 0 Å². The van der Waals surface area contributed by atoms with Gasteiger partial charge in [0.25, 0.3) is 0 Å². The number of ether oxygens (including phenoxy) is 7. The summed E-state index contributed by atoms with van der Waals surface area (Å²) in [5.74, 6) is -4.29. The highest BCUT2D eigenvalue weighted by atomic mass is 32.1. The molecule has 0 aliphatic heterocycles. The average molecular weight is 909 g/mol. The summed E-state index contributed by atoms with van der Waals surface area (Å²) < 4.78 is 36.3. The molecule has 0 aromatic rings. The zero-order valence-electron chi connectivity index (χ0n) is 34.8. The number of amides is 1. The highest BCUT2D eigenvalue weighted by Crippen LogP contribution is 2.22. The van der Waals surface area contributed by atoms with E-state index in [-0.39, 0.29) is 14.9 Å². The number of esters is 4. The van der Waals surface area contributed by atoms with E-state index in [0.717, 1.165) is 0 Å². The van der Waals surface area contributed by atoms with Gasteiger partial charge < -0.3 is 79.3 Å². The van der Waals surface area contributed by atoms with Crippen LogP contribution in [-0.2, 0) is 52.3 Å². The van der Waals surface area contributed by atoms with E-state index in [4.69, 9.17) is 33.2 Å². The largest absolute Gasteiger partial charge is 0.461 e. The van der Waals surface area contributed by atoms with Crippen LogP contribution in [0.15, 0.2) is 4.99 Å². The van der Waals surface area contributed by atoms with Gasteiger partial charge in [-0.05, 0) is 60.7 Å². The van der Waals surface area contributed by atoms with Crippen LogP contribution < -0.4 is 5.32 Å². The van der Waals surface area contributed by atoms with Crippen LogP contribution >= 0.6 is 12.2 Å². The molecule has 22 nitrogen and oxygen atoms in total. The van der Waals surface area contributed by atoms with Gasteiger partial charge in [-0.3, -0.25) is 19.2 Å². The molecule has 61 heavy (non-hydrogen) atoms. The van der Waals surface area contributed by atoms with Crippen LogP contribution in [0, 0.1) is 21.7 Å². The highest BCUT2D eigenvalue weighted by molar-refractivity contribution is 7.78. The van der Waals surface area contributed by atoms with Crippen molar-refractivity contribution in [3.63, 3.8) is 0 Å². The summed E-state index contributed by atoms with van der Waals surface area (Å²) in [7, 11) is 0. The van der Waals surface area contributed by atoms with Gasteiger partial charge >= 0.3 is 30.0 Å². The molecule has 0 bridgehead atoms. The first-order valence-corrected chi connectivity index (χ1v) is 18.7. The molecule has 0 spiro atoms. The topological polar surface area (TPSA) is 336 Å². The Labute approximate surface area is 363 Å². The number of thiocarbonyl (C=S) groups is 1. The lowest BCUT2D eigenvalue weighted by molar-refractivity contribution is -0.185. The standard InChI is InChI=1S/C26H46O17.C10H18N2O3S.2CH4/c1-23(9-27,10-28)19(35)40-7-17(42-21(37)25(3,13-31)14-32)5-39-6-18(43-22(38)26(4,15-33)16-34)8-41-20(36)24(2,11-29)12-30;1-10(2,3)15-9(13)12-5-7-14-6-4-11-8-16;;/h17-18,27-34H,5-16H2,1-4H3;4-7H2,1-3H3,(H,12,13);2*1H4. The summed E-state index contributed by atoms with van der Waals surface area (Å²) in [5, 5.41) is 80.5. The van der Waals surface area contributed by atoms with Crippen LogP contribution in [0.25, 0.3) is 0 Å². The van der Waals surface area contributed by atoms with Crippen LogP contribution in [0.3, 0.4) is 0 Å². The molecule has 9 N–H and O–H groups in total. The van der Waals surface area contributed by atoms with Crippen molar-refractivity contribution in [1.82, 2.24) is 5.32 Å². The van der Waals surface area contributed by atoms with Crippen LogP contribution in [0.5, 0.6) is 0 Å². The summed E-state index contributed by atoms with van der Waals surface area (Å²) in [6.45, 7) is 3.29. The Bertz CT molecular complexity index is 1240. The molecule has 2 atom stereocenters. The fourth-order valence-corrected chi connectivity index (χ4v) is 3.44. The van der Waals surface area contributed by atoms with Crippen LogP contribution in [-0.4, -0.2) is 199 Å². The van der Waals surface area contributed by atoms with E-state index >= 15 is 0 Å². The molecule has 0 rings (SSSR count). The number of carbonyl (C=O) groups excluding carboxylic acids is 5. The van der Waals surface area contributed by atoms with E-state index in [0.29, 0.717) is 26.3 Å². The maximum atomic E-state index is 12.6. The number of hydrogen-bond donors (Lipinski definition) is 9. The first-order chi connectivity index (χ1) is 27.5. The molecule has 0 aliphatic rings. The minimum atomic E-state index is -1.75. The maximum Gasteiger partial charge on any atom is 0.407 e. The van der Waals surface area contributed by atoms with E-state index in [2.05, 4.69) is 27.7 Å². The average Bonchev–Trinajstić information content (AvgIpc) is 3.21. The number of rotatable bonds is 28. The zero-order valence-corrected chi connectivity index (χ0v) is 35.6. The summed E-state index contributed by atoms with van der Waals surface area (Å²) in [6, 6.07) is 0. The third-order valence-electron chi connectivity index (χ3n) is 8.05. The van der Waals surface area contributed by atoms with Crippen molar-refractivity contribution >= 4 is 47.3 Å². The van der Waals surface area contributed by atoms with Crippen molar-refractivity contribution in [2.45, 2.75) is 81.1 Å². The normalized spacial score (nSPS) is 12.6. The minimum Gasteiger partial charge on any atom is -0.461 e. The highest BCUT2D eigenvalue weighted by Gasteiger charge is 2.40. The number of nitrogens with zero attached hydrogens (tertiary/aromatic N) is 1. The number of aliphatic hydroxyl groups is 8. The number of aliphatic imine (C=N–C) groups is 1. The third-order valence-corrected chi connectivity index (χ3v) is 8.17. The van der Waals surface area contributed by atoms with Crippen molar-refractivity contribution in [2.75, 3.05) is 106 Å². The molecule has 0 saturated carbocycles. The molecular formula is C38H72N2O20S. The molecule has 2 unspecified atom stereocenters. The summed E-state index contributed by atoms with van der Waals surface area (Å²) in [6.07, 6.45) is -3.24. The fraction of sp³-hybridized carbons (Fsp3) is 0.842. The van der Waals surface area contributed by atoms with E-state index in [9.17, 15) is 64.8 Å². The second-order valence-electron chi connectivity index (χ2n) is 15.3. The number of aliphatic hydroxyl groups excluding tert-OH is 8. The van der Waals surface area contributed by atoms with Crippen molar-refractivity contribution < 1.29 is 98.0 Å². The van der Waals surface area contributed by atoms with Gasteiger partial charge in [0.15, 0.2) is 12.2 Å². The van der Waals surface area contributed by atoms with Gasteiger partial charge in [0.1, 0.15) is 40.5 Å². The molecule has 0 aromatic carbocycles. The van der Waals surface area contributed by atoms with Gasteiger partial charge in [0, 0.05) is 6.54 Å². The van der Waals surface area contributed by atoms with E-state index < -0.39 is 149 Å². The van der Waals surface area contributed by atoms with E-state index in [1.54, 1.807) is 0 Å². The van der Waals surface area contributed by atoms with Crippen molar-refractivity contribution in [3.05, 3.63) is 0 Å². The van der Waals surface area contributed by atoms with Gasteiger partial charge in [0.05, 0.1) is 91.0 Å². The molecule has 0 aliphatic carbocycles. The van der Waals surface area contributed by atoms with E-state index in [1.807, 2.05) is 20.8 Å². The summed E-state index contributed by atoms with van der Waals surface area (Å²) in [5.41, 5.74) is -7.34. The predicted octanol–water partition coefficient (Wildman–Crippen LogP) is -1.22. The van der Waals surface area contributed by atoms with Crippen LogP contribution in [0.4, 0.5) is 4.79 Å². The minimum absolute atomic E-state index is 0. The van der Waals surface area contributed by atoms with Crippen LogP contribution in [0.2, 0.25) is 0 Å². The molecule has 0 aromatic heterocycles. The molecule has 0 radical (unpaired) electrons. The van der Waals surface area contributed by atoms with Gasteiger partial charge in [-0.1, -0.05) is 14.9 Å². The third kappa shape index (κ3) is 24.7. The lowest BCUT2D eigenvalue weighted by atomic mass is 9.93. The molecule has 0 saturated heterocycles. The molecular weight excluding hydrogens is 836 g/mol. The van der Waals surface area contributed by atoms with E-state index in [1.165, 1.54) is 27.7 Å². The molecule has 23 heteroatoms. The Hall–Kier alpha value is -3.45. The van der Waals surface area contributed by atoms with Crippen molar-refractivity contribution in [3.8, 4) is 0 Å². The lowest BCUT2D eigenvalue weighted by Crippen LogP contribution is -2.44. The summed E-state index contributed by atoms with van der Waals surface area (Å²) >= 11 is 4.39. The zero-order chi connectivity index (χ0) is 45.9. The SMILES string of the molecule is C.C.CC(C)(C)OC(=O)NCCOCCN=C=S.CC(CO)(CO)C(=O)OCC(COCC(COC(=O)C(C)(CO)CO)OC(=O)C(C)(CO)CO)OC(=O)C(C)(CO)CO. The number of nitrogens with one attached hydrogen (secondary N) is 1. The molecule has 360 valence electrons. The number of alkyl carbamates (subject to hydrolysis) is 1. The number of carbonyl (C=O) groups is 5. The Morgan fingerprint density at radius 3 is 1.21 bits per heavy atom. The molecule has 0 heterocycles. The lowest BCUT2D eigenvalue weighted by Gasteiger charge is -2.29. The van der Waals surface area contributed by atoms with Crippen LogP contribution in [0.1, 0.15) is 63.3 Å². The smallest absolute Gasteiger partial charge is 0.407 e. The van der Waals surface area contributed by atoms with Gasteiger partial charge in [-0.15, -0.1) is 0 Å². The monoisotopic (exact) mass is 908 g/mol. The Balaban J connectivity index is -0.000000760. The Kier molecular flexibility index (Phi) is 33.9. The quantitative estimate of drug-likeness (QED) is 0.0146. The molecule has 0 fully saturated rings. The first kappa shape index (κ1) is 64.2. The predicted molar refractivity (Wildman–Crippen MR) is 220 cm³/mol.